The minimum atomic E-state index is 0.744. The highest BCUT2D eigenvalue weighted by molar-refractivity contribution is 5.92. The number of pyridine rings is 1. The van der Waals surface area contributed by atoms with Crippen LogP contribution in [0.3, 0.4) is 0 Å². The van der Waals surface area contributed by atoms with Gasteiger partial charge in [-0.05, 0) is 55.8 Å². The topological polar surface area (TPSA) is 55.6 Å². The molecule has 0 amide bonds. The summed E-state index contributed by atoms with van der Waals surface area (Å²) in [7, 11) is 0. The summed E-state index contributed by atoms with van der Waals surface area (Å²) >= 11 is 0. The average molecular weight is 406 g/mol. The first kappa shape index (κ1) is 19.0. The number of anilines is 2. The van der Waals surface area contributed by atoms with E-state index in [1.54, 1.807) is 6.20 Å². The van der Waals surface area contributed by atoms with Gasteiger partial charge in [0.25, 0.3) is 0 Å². The molecular weight excluding hydrogens is 382 g/mol. The summed E-state index contributed by atoms with van der Waals surface area (Å²) in [5.41, 5.74) is 7.20. The molecule has 0 spiro atoms. The zero-order valence-electron chi connectivity index (χ0n) is 17.6. The third kappa shape index (κ3) is 3.66. The molecule has 3 heterocycles. The molecule has 3 aromatic heterocycles. The fourth-order valence-electron chi connectivity index (χ4n) is 3.92. The summed E-state index contributed by atoms with van der Waals surface area (Å²) in [4.78, 5) is 13.6. The molecular formula is C26H23N5. The number of rotatable bonds is 5. The van der Waals surface area contributed by atoms with Gasteiger partial charge < -0.3 is 9.88 Å². The Hall–Kier alpha value is -3.99. The molecule has 5 aromatic rings. The fraction of sp³-hybridized carbons (Fsp3) is 0.115. The molecule has 1 N–H and O–H groups in total. The third-order valence-electron chi connectivity index (χ3n) is 5.45. The van der Waals surface area contributed by atoms with Gasteiger partial charge in [0.15, 0.2) is 0 Å². The van der Waals surface area contributed by atoms with E-state index in [2.05, 4.69) is 69.4 Å². The summed E-state index contributed by atoms with van der Waals surface area (Å²) in [6, 6.07) is 20.9. The molecule has 0 atom stereocenters. The Kier molecular flexibility index (Phi) is 4.92. The molecule has 0 aliphatic carbocycles. The van der Waals surface area contributed by atoms with Crippen LogP contribution in [-0.2, 0) is 6.54 Å². The second kappa shape index (κ2) is 8.03. The lowest BCUT2D eigenvalue weighted by atomic mass is 9.98. The second-order valence-electron chi connectivity index (χ2n) is 7.47. The number of fused-ring (bicyclic) bond motifs is 1. The summed E-state index contributed by atoms with van der Waals surface area (Å²) in [6.45, 7) is 5.04. The molecule has 31 heavy (non-hydrogen) atoms. The van der Waals surface area contributed by atoms with Gasteiger partial charge in [-0.2, -0.15) is 0 Å². The van der Waals surface area contributed by atoms with E-state index in [1.165, 1.54) is 10.9 Å². The van der Waals surface area contributed by atoms with Gasteiger partial charge in [0.1, 0.15) is 5.82 Å². The van der Waals surface area contributed by atoms with Gasteiger partial charge >= 0.3 is 0 Å². The monoisotopic (exact) mass is 405 g/mol. The highest BCUT2D eigenvalue weighted by Crippen LogP contribution is 2.36. The zero-order valence-corrected chi connectivity index (χ0v) is 17.6. The van der Waals surface area contributed by atoms with Gasteiger partial charge in [-0.1, -0.05) is 24.3 Å². The predicted octanol–water partition coefficient (Wildman–Crippen LogP) is 6.23. The SMILES string of the molecule is CCn1ccc2cc(-c3cnc(C)nc3-c3ccccc3Nc3cccnc3)ccc21. The zero-order chi connectivity index (χ0) is 21.2. The molecule has 5 heteroatoms. The molecule has 0 aliphatic heterocycles. The van der Waals surface area contributed by atoms with Crippen molar-refractivity contribution in [2.24, 2.45) is 0 Å². The molecule has 0 saturated heterocycles. The van der Waals surface area contributed by atoms with Crippen LogP contribution in [0.25, 0.3) is 33.3 Å². The number of nitrogens with zero attached hydrogens (tertiary/aromatic N) is 4. The number of hydrogen-bond donors (Lipinski definition) is 1. The van der Waals surface area contributed by atoms with Gasteiger partial charge in [-0.15, -0.1) is 0 Å². The van der Waals surface area contributed by atoms with E-state index in [1.807, 2.05) is 43.6 Å². The lowest BCUT2D eigenvalue weighted by molar-refractivity contribution is 0.798. The maximum absolute atomic E-state index is 4.85. The second-order valence-corrected chi connectivity index (χ2v) is 7.47. The van der Waals surface area contributed by atoms with Crippen molar-refractivity contribution in [3.8, 4) is 22.4 Å². The molecule has 0 saturated carbocycles. The van der Waals surface area contributed by atoms with Crippen molar-refractivity contribution in [3.05, 3.63) is 91.3 Å². The van der Waals surface area contributed by atoms with Gasteiger partial charge in [0.05, 0.1) is 17.6 Å². The number of nitrogens with one attached hydrogen (secondary N) is 1. The van der Waals surface area contributed by atoms with Crippen molar-refractivity contribution in [3.63, 3.8) is 0 Å². The first-order chi connectivity index (χ1) is 15.2. The minimum absolute atomic E-state index is 0.744. The molecule has 5 nitrogen and oxygen atoms in total. The van der Waals surface area contributed by atoms with E-state index >= 15 is 0 Å². The van der Waals surface area contributed by atoms with Crippen molar-refractivity contribution < 1.29 is 0 Å². The molecule has 152 valence electrons. The summed E-state index contributed by atoms with van der Waals surface area (Å²) in [5.74, 6) is 0.744. The minimum Gasteiger partial charge on any atom is -0.354 e. The predicted molar refractivity (Wildman–Crippen MR) is 126 cm³/mol. The highest BCUT2D eigenvalue weighted by atomic mass is 14.9. The van der Waals surface area contributed by atoms with E-state index in [9.17, 15) is 0 Å². The van der Waals surface area contributed by atoms with Crippen molar-refractivity contribution in [2.45, 2.75) is 20.4 Å². The standard InChI is InChI=1S/C26H23N5/c1-3-31-14-12-20-15-19(10-11-25(20)31)23-17-28-18(2)29-26(23)22-8-4-5-9-24(22)30-21-7-6-13-27-16-21/h4-17,30H,3H2,1-2H3. The first-order valence-electron chi connectivity index (χ1n) is 10.4. The van der Waals surface area contributed by atoms with Crippen LogP contribution in [0.15, 0.2) is 85.5 Å². The highest BCUT2D eigenvalue weighted by Gasteiger charge is 2.15. The maximum atomic E-state index is 4.85. The maximum Gasteiger partial charge on any atom is 0.125 e. The Bertz CT molecular complexity index is 1360. The van der Waals surface area contributed by atoms with E-state index in [0.717, 1.165) is 46.1 Å². The third-order valence-corrected chi connectivity index (χ3v) is 5.45. The van der Waals surface area contributed by atoms with Crippen LogP contribution in [-0.4, -0.2) is 19.5 Å². The molecule has 0 bridgehead atoms. The fourth-order valence-corrected chi connectivity index (χ4v) is 3.92. The van der Waals surface area contributed by atoms with Crippen molar-refractivity contribution >= 4 is 22.3 Å². The molecule has 0 radical (unpaired) electrons. The Morgan fingerprint density at radius 2 is 1.84 bits per heavy atom. The van der Waals surface area contributed by atoms with Crippen molar-refractivity contribution in [1.82, 2.24) is 19.5 Å². The molecule has 5 rings (SSSR count). The van der Waals surface area contributed by atoms with Crippen LogP contribution in [0, 0.1) is 6.92 Å². The summed E-state index contributed by atoms with van der Waals surface area (Å²) in [6.07, 6.45) is 7.64. The van der Waals surface area contributed by atoms with Gasteiger partial charge in [0, 0.05) is 52.9 Å². The largest absolute Gasteiger partial charge is 0.354 e. The van der Waals surface area contributed by atoms with E-state index in [4.69, 9.17) is 4.98 Å². The summed E-state index contributed by atoms with van der Waals surface area (Å²) < 4.78 is 2.25. The normalized spacial score (nSPS) is 11.0. The van der Waals surface area contributed by atoms with Crippen LogP contribution < -0.4 is 5.32 Å². The molecule has 0 aliphatic rings. The van der Waals surface area contributed by atoms with Crippen LogP contribution >= 0.6 is 0 Å². The molecule has 0 unspecified atom stereocenters. The first-order valence-corrected chi connectivity index (χ1v) is 10.4. The number of benzene rings is 2. The van der Waals surface area contributed by atoms with Crippen LogP contribution in [0.1, 0.15) is 12.7 Å². The number of hydrogen-bond acceptors (Lipinski definition) is 4. The van der Waals surface area contributed by atoms with Gasteiger partial charge in [0.2, 0.25) is 0 Å². The Labute approximate surface area is 181 Å². The number of aryl methyl sites for hydroxylation is 2. The van der Waals surface area contributed by atoms with Gasteiger partial charge in [-0.3, -0.25) is 4.98 Å². The van der Waals surface area contributed by atoms with Crippen LogP contribution in [0.5, 0.6) is 0 Å². The van der Waals surface area contributed by atoms with Crippen LogP contribution in [0.2, 0.25) is 0 Å². The van der Waals surface area contributed by atoms with E-state index in [0.29, 0.717) is 0 Å². The number of para-hydroxylation sites is 1. The Morgan fingerprint density at radius 3 is 2.68 bits per heavy atom. The van der Waals surface area contributed by atoms with Crippen molar-refractivity contribution in [1.29, 1.82) is 0 Å². The Morgan fingerprint density at radius 1 is 0.935 bits per heavy atom. The lowest BCUT2D eigenvalue weighted by Gasteiger charge is -2.15. The average Bonchev–Trinajstić information content (AvgIpc) is 3.22. The smallest absolute Gasteiger partial charge is 0.125 e. The molecule has 2 aromatic carbocycles. The van der Waals surface area contributed by atoms with Crippen LogP contribution in [0.4, 0.5) is 11.4 Å². The van der Waals surface area contributed by atoms with Crippen molar-refractivity contribution in [2.75, 3.05) is 5.32 Å². The molecule has 0 fully saturated rings. The lowest BCUT2D eigenvalue weighted by Crippen LogP contribution is -1.99. The summed E-state index contributed by atoms with van der Waals surface area (Å²) in [5, 5.41) is 4.70. The van der Waals surface area contributed by atoms with Gasteiger partial charge in [-0.25, -0.2) is 9.97 Å². The Balaban J connectivity index is 1.64. The van der Waals surface area contributed by atoms with E-state index < -0.39 is 0 Å². The van der Waals surface area contributed by atoms with E-state index in [-0.39, 0.29) is 0 Å². The number of aromatic nitrogens is 4. The quantitative estimate of drug-likeness (QED) is 0.376.